The van der Waals surface area contributed by atoms with E-state index in [1.54, 1.807) is 0 Å². The Morgan fingerprint density at radius 2 is 2.05 bits per heavy atom. The molecule has 114 valence electrons. The smallest absolute Gasteiger partial charge is 0.231 e. The second-order valence-corrected chi connectivity index (χ2v) is 6.01. The molecule has 2 unspecified atom stereocenters. The van der Waals surface area contributed by atoms with Crippen LogP contribution < -0.4 is 5.32 Å². The van der Waals surface area contributed by atoms with E-state index in [1.165, 1.54) is 25.7 Å². The minimum absolute atomic E-state index is 0.387. The molecule has 1 aromatic heterocycles. The molecule has 1 aromatic rings. The van der Waals surface area contributed by atoms with Crippen LogP contribution in [0.25, 0.3) is 0 Å². The van der Waals surface area contributed by atoms with Gasteiger partial charge >= 0.3 is 0 Å². The molecular weight excluding hydrogens is 252 g/mol. The number of hydrogen-bond donors (Lipinski definition) is 1. The highest BCUT2D eigenvalue weighted by atomic mass is 16.5. The number of nitrogens with one attached hydrogen (secondary N) is 1. The van der Waals surface area contributed by atoms with Crippen molar-refractivity contribution in [2.45, 2.75) is 57.4 Å². The Labute approximate surface area is 122 Å². The van der Waals surface area contributed by atoms with E-state index >= 15 is 0 Å². The fourth-order valence-corrected chi connectivity index (χ4v) is 2.95. The van der Waals surface area contributed by atoms with E-state index in [0.717, 1.165) is 37.6 Å². The summed E-state index contributed by atoms with van der Waals surface area (Å²) in [5.41, 5.74) is 0. The van der Waals surface area contributed by atoms with Gasteiger partial charge in [-0.1, -0.05) is 31.3 Å². The summed E-state index contributed by atoms with van der Waals surface area (Å²) in [6.45, 7) is 4.13. The molecule has 1 N–H and O–H groups in total. The third kappa shape index (κ3) is 4.28. The summed E-state index contributed by atoms with van der Waals surface area (Å²) in [5, 5.41) is 7.74. The van der Waals surface area contributed by atoms with Crippen LogP contribution >= 0.6 is 0 Å². The minimum Gasteiger partial charge on any atom is -0.339 e. The van der Waals surface area contributed by atoms with Gasteiger partial charge in [-0.15, -0.1) is 0 Å². The van der Waals surface area contributed by atoms with Gasteiger partial charge in [-0.2, -0.15) is 4.98 Å². The number of hydrogen-bond acceptors (Lipinski definition) is 5. The van der Waals surface area contributed by atoms with Gasteiger partial charge in [0.1, 0.15) is 0 Å². The highest BCUT2D eigenvalue weighted by Gasteiger charge is 2.29. The van der Waals surface area contributed by atoms with Gasteiger partial charge in [0, 0.05) is 19.0 Å². The van der Waals surface area contributed by atoms with Gasteiger partial charge in [0.2, 0.25) is 5.89 Å². The van der Waals surface area contributed by atoms with Gasteiger partial charge in [-0.3, -0.25) is 0 Å². The van der Waals surface area contributed by atoms with Crippen LogP contribution in [0.1, 0.15) is 56.7 Å². The van der Waals surface area contributed by atoms with E-state index in [-0.39, 0.29) is 0 Å². The van der Waals surface area contributed by atoms with Gasteiger partial charge in [-0.25, -0.2) is 0 Å². The molecule has 0 aliphatic heterocycles. The van der Waals surface area contributed by atoms with E-state index < -0.39 is 0 Å². The average molecular weight is 280 g/mol. The van der Waals surface area contributed by atoms with Gasteiger partial charge in [0.25, 0.3) is 0 Å². The second kappa shape index (κ2) is 7.74. The molecule has 0 spiro atoms. The van der Waals surface area contributed by atoms with Gasteiger partial charge in [0.15, 0.2) is 5.82 Å². The monoisotopic (exact) mass is 280 g/mol. The third-order valence-corrected chi connectivity index (χ3v) is 4.07. The first-order valence-electron chi connectivity index (χ1n) is 7.91. The summed E-state index contributed by atoms with van der Waals surface area (Å²) in [6, 6.07) is 0.490. The maximum atomic E-state index is 5.55. The van der Waals surface area contributed by atoms with Crippen LogP contribution in [0.2, 0.25) is 0 Å². The lowest BCUT2D eigenvalue weighted by Crippen LogP contribution is -2.34. The average Bonchev–Trinajstić information content (AvgIpc) is 2.77. The van der Waals surface area contributed by atoms with E-state index in [1.807, 2.05) is 0 Å². The fourth-order valence-electron chi connectivity index (χ4n) is 2.95. The van der Waals surface area contributed by atoms with Crippen molar-refractivity contribution in [3.8, 4) is 0 Å². The highest BCUT2D eigenvalue weighted by molar-refractivity contribution is 5.01. The van der Waals surface area contributed by atoms with Gasteiger partial charge in [-0.05, 0) is 33.5 Å². The molecule has 5 nitrogen and oxygen atoms in total. The zero-order valence-electron chi connectivity index (χ0n) is 13.1. The molecule has 20 heavy (non-hydrogen) atoms. The summed E-state index contributed by atoms with van der Waals surface area (Å²) in [6.07, 6.45) is 7.12. The topological polar surface area (TPSA) is 54.2 Å². The molecule has 1 aliphatic carbocycles. The first kappa shape index (κ1) is 15.4. The van der Waals surface area contributed by atoms with Crippen molar-refractivity contribution in [3.05, 3.63) is 11.7 Å². The Kier molecular flexibility index (Phi) is 5.98. The summed E-state index contributed by atoms with van der Waals surface area (Å²) in [4.78, 5) is 6.78. The number of likely N-dealkylation sites (N-methyl/N-ethyl adjacent to an activating group) is 2. The Morgan fingerprint density at radius 3 is 2.80 bits per heavy atom. The zero-order valence-corrected chi connectivity index (χ0v) is 13.1. The zero-order chi connectivity index (χ0) is 14.4. The molecule has 5 heteroatoms. The Morgan fingerprint density at radius 1 is 1.25 bits per heavy atom. The lowest BCUT2D eigenvalue weighted by Gasteiger charge is -2.22. The lowest BCUT2D eigenvalue weighted by atomic mass is 9.94. The van der Waals surface area contributed by atoms with Crippen LogP contribution in [-0.4, -0.2) is 48.3 Å². The van der Waals surface area contributed by atoms with E-state index in [9.17, 15) is 0 Å². The van der Waals surface area contributed by atoms with E-state index in [4.69, 9.17) is 4.52 Å². The number of aromatic nitrogens is 2. The molecule has 0 aromatic carbocycles. The SMILES string of the molecule is CCNC1CCCCCC1c1nc(CCN(C)C)no1. The predicted octanol–water partition coefficient (Wildman–Crippen LogP) is 2.20. The first-order chi connectivity index (χ1) is 9.70. The van der Waals surface area contributed by atoms with Gasteiger partial charge < -0.3 is 14.7 Å². The van der Waals surface area contributed by atoms with Crippen LogP contribution in [0.15, 0.2) is 4.52 Å². The quantitative estimate of drug-likeness (QED) is 0.810. The molecule has 1 heterocycles. The maximum absolute atomic E-state index is 5.55. The summed E-state index contributed by atoms with van der Waals surface area (Å²) >= 11 is 0. The van der Waals surface area contributed by atoms with E-state index in [2.05, 4.69) is 41.4 Å². The van der Waals surface area contributed by atoms with Crippen LogP contribution in [0, 0.1) is 0 Å². The molecule has 0 bridgehead atoms. The van der Waals surface area contributed by atoms with Crippen LogP contribution in [0.4, 0.5) is 0 Å². The summed E-state index contributed by atoms with van der Waals surface area (Å²) < 4.78 is 5.55. The molecule has 0 saturated heterocycles. The van der Waals surface area contributed by atoms with Crippen molar-refractivity contribution in [2.75, 3.05) is 27.2 Å². The van der Waals surface area contributed by atoms with Crippen LogP contribution in [0.5, 0.6) is 0 Å². The molecule has 1 saturated carbocycles. The molecule has 0 radical (unpaired) electrons. The Bertz CT molecular complexity index is 391. The predicted molar refractivity (Wildman–Crippen MR) is 79.8 cm³/mol. The number of rotatable bonds is 6. The van der Waals surface area contributed by atoms with Crippen molar-refractivity contribution < 1.29 is 4.52 Å². The standard InChI is InChI=1S/C15H28N4O/c1-4-16-13-9-7-5-6-8-12(13)15-17-14(18-20-15)10-11-19(2)3/h12-13,16H,4-11H2,1-3H3. The van der Waals surface area contributed by atoms with Crippen molar-refractivity contribution in [1.29, 1.82) is 0 Å². The van der Waals surface area contributed by atoms with Crippen molar-refractivity contribution >= 4 is 0 Å². The molecule has 2 rings (SSSR count). The third-order valence-electron chi connectivity index (χ3n) is 4.07. The van der Waals surface area contributed by atoms with Gasteiger partial charge in [0.05, 0.1) is 5.92 Å². The summed E-state index contributed by atoms with van der Waals surface area (Å²) in [5.74, 6) is 2.07. The van der Waals surface area contributed by atoms with Crippen LogP contribution in [0.3, 0.4) is 0 Å². The van der Waals surface area contributed by atoms with Crippen molar-refractivity contribution in [2.24, 2.45) is 0 Å². The lowest BCUT2D eigenvalue weighted by molar-refractivity contribution is 0.303. The molecule has 0 amide bonds. The van der Waals surface area contributed by atoms with E-state index in [0.29, 0.717) is 12.0 Å². The largest absolute Gasteiger partial charge is 0.339 e. The normalized spacial score (nSPS) is 24.0. The Balaban J connectivity index is 2.03. The Hall–Kier alpha value is -0.940. The van der Waals surface area contributed by atoms with Crippen molar-refractivity contribution in [3.63, 3.8) is 0 Å². The number of nitrogens with zero attached hydrogens (tertiary/aromatic N) is 3. The van der Waals surface area contributed by atoms with Crippen molar-refractivity contribution in [1.82, 2.24) is 20.4 Å². The minimum atomic E-state index is 0.387. The first-order valence-corrected chi connectivity index (χ1v) is 7.91. The second-order valence-electron chi connectivity index (χ2n) is 6.01. The maximum Gasteiger partial charge on any atom is 0.231 e. The molecule has 2 atom stereocenters. The summed E-state index contributed by atoms with van der Waals surface area (Å²) in [7, 11) is 4.13. The molecule has 1 fully saturated rings. The highest BCUT2D eigenvalue weighted by Crippen LogP contribution is 2.31. The van der Waals surface area contributed by atoms with Crippen LogP contribution in [-0.2, 0) is 6.42 Å². The molecule has 1 aliphatic rings. The molecular formula is C15H28N4O. The fraction of sp³-hybridized carbons (Fsp3) is 0.867.